The lowest BCUT2D eigenvalue weighted by atomic mass is 10.1. The third kappa shape index (κ3) is 9.14. The van der Waals surface area contributed by atoms with E-state index in [2.05, 4.69) is 5.32 Å². The van der Waals surface area contributed by atoms with Gasteiger partial charge in [-0.25, -0.2) is 0 Å². The van der Waals surface area contributed by atoms with Gasteiger partial charge in [0.05, 0.1) is 39.4 Å². The van der Waals surface area contributed by atoms with E-state index in [4.69, 9.17) is 15.3 Å². The van der Waals surface area contributed by atoms with Crippen molar-refractivity contribution in [1.29, 1.82) is 10.5 Å². The Morgan fingerprint density at radius 2 is 1.91 bits per heavy atom. The summed E-state index contributed by atoms with van der Waals surface area (Å²) in [6, 6.07) is 3.37. The van der Waals surface area contributed by atoms with Crippen LogP contribution in [0.3, 0.4) is 0 Å². The molecule has 2 unspecified atom stereocenters. The molecule has 0 aromatic carbocycles. The van der Waals surface area contributed by atoms with Crippen molar-refractivity contribution >= 4 is 5.91 Å². The average Bonchev–Trinajstić information content (AvgIpc) is 2.51. The number of rotatable bonds is 11. The van der Waals surface area contributed by atoms with Crippen LogP contribution in [0.15, 0.2) is 0 Å². The summed E-state index contributed by atoms with van der Waals surface area (Å²) < 4.78 is 5.80. The molecular formula is C16H29N4O3+. The van der Waals surface area contributed by atoms with E-state index in [-0.39, 0.29) is 18.4 Å². The minimum absolute atomic E-state index is 0.0422. The molecule has 0 aliphatic rings. The van der Waals surface area contributed by atoms with Gasteiger partial charge in [-0.2, -0.15) is 10.5 Å². The first-order valence-electron chi connectivity index (χ1n) is 7.96. The third-order valence-electron chi connectivity index (χ3n) is 3.85. The molecule has 0 aromatic heterocycles. The lowest BCUT2D eigenvalue weighted by molar-refractivity contribution is -0.891. The maximum absolute atomic E-state index is 11.6. The monoisotopic (exact) mass is 325 g/mol. The van der Waals surface area contributed by atoms with Crippen LogP contribution >= 0.6 is 0 Å². The van der Waals surface area contributed by atoms with Gasteiger partial charge in [-0.05, 0) is 6.42 Å². The molecule has 7 nitrogen and oxygen atoms in total. The average molecular weight is 325 g/mol. The topological polar surface area (TPSA) is 106 Å². The second-order valence-corrected chi connectivity index (χ2v) is 6.33. The van der Waals surface area contributed by atoms with E-state index in [1.165, 1.54) is 0 Å². The molecule has 2 atom stereocenters. The second kappa shape index (κ2) is 11.0. The van der Waals surface area contributed by atoms with Gasteiger partial charge in [0.15, 0.2) is 12.2 Å². The first kappa shape index (κ1) is 21.3. The third-order valence-corrected chi connectivity index (χ3v) is 3.85. The number of ether oxygens (including phenoxy) is 1. The number of hydrogen-bond donors (Lipinski definition) is 2. The molecule has 0 aromatic rings. The van der Waals surface area contributed by atoms with E-state index >= 15 is 0 Å². The highest BCUT2D eigenvalue weighted by Gasteiger charge is 2.21. The van der Waals surface area contributed by atoms with E-state index in [0.717, 1.165) is 19.4 Å². The van der Waals surface area contributed by atoms with Crippen LogP contribution in [0.4, 0.5) is 0 Å². The van der Waals surface area contributed by atoms with Crippen molar-refractivity contribution in [2.24, 2.45) is 11.8 Å². The zero-order valence-corrected chi connectivity index (χ0v) is 14.6. The number of aliphatic hydroxyl groups excluding tert-OH is 1. The van der Waals surface area contributed by atoms with Crippen LogP contribution in [0.2, 0.25) is 0 Å². The number of nitrogens with one attached hydrogen (secondary N) is 1. The molecule has 1 amide bonds. The summed E-state index contributed by atoms with van der Waals surface area (Å²) in [5.41, 5.74) is 0. The van der Waals surface area contributed by atoms with Crippen LogP contribution in [-0.4, -0.2) is 62.1 Å². The van der Waals surface area contributed by atoms with Gasteiger partial charge >= 0.3 is 0 Å². The number of aliphatic hydroxyl groups is 1. The summed E-state index contributed by atoms with van der Waals surface area (Å²) in [6.07, 6.45) is 0.302. The van der Waals surface area contributed by atoms with Crippen LogP contribution in [0.5, 0.6) is 0 Å². The van der Waals surface area contributed by atoms with Crippen LogP contribution in [0.25, 0.3) is 0 Å². The number of likely N-dealkylation sites (N-methyl/N-ethyl adjacent to an activating group) is 1. The van der Waals surface area contributed by atoms with Gasteiger partial charge in [0, 0.05) is 18.9 Å². The maximum Gasteiger partial charge on any atom is 0.222 e. The van der Waals surface area contributed by atoms with Crippen molar-refractivity contribution in [3.05, 3.63) is 0 Å². The van der Waals surface area contributed by atoms with Crippen molar-refractivity contribution in [2.45, 2.75) is 33.0 Å². The van der Waals surface area contributed by atoms with Crippen molar-refractivity contribution in [3.8, 4) is 12.1 Å². The van der Waals surface area contributed by atoms with Crippen molar-refractivity contribution in [1.82, 2.24) is 5.32 Å². The molecule has 7 heteroatoms. The molecule has 0 saturated carbocycles. The highest BCUT2D eigenvalue weighted by atomic mass is 16.6. The fourth-order valence-electron chi connectivity index (χ4n) is 1.86. The highest BCUT2D eigenvalue weighted by molar-refractivity contribution is 5.78. The molecule has 2 N–H and O–H groups in total. The molecule has 0 aliphatic heterocycles. The molecule has 0 spiro atoms. The Morgan fingerprint density at radius 1 is 1.30 bits per heavy atom. The van der Waals surface area contributed by atoms with Crippen LogP contribution in [-0.2, 0) is 9.53 Å². The molecule has 23 heavy (non-hydrogen) atoms. The summed E-state index contributed by atoms with van der Waals surface area (Å²) in [4.78, 5) is 11.6. The summed E-state index contributed by atoms with van der Waals surface area (Å²) in [7, 11) is 4.05. The first-order valence-corrected chi connectivity index (χ1v) is 7.96. The minimum Gasteiger partial charge on any atom is -0.366 e. The van der Waals surface area contributed by atoms with Gasteiger partial charge in [0.2, 0.25) is 5.91 Å². The number of hydrogen-bond acceptors (Lipinski definition) is 5. The molecule has 0 saturated heterocycles. The number of amides is 1. The van der Waals surface area contributed by atoms with Gasteiger partial charge in [0.1, 0.15) is 6.54 Å². The van der Waals surface area contributed by atoms with Gasteiger partial charge in [-0.15, -0.1) is 0 Å². The van der Waals surface area contributed by atoms with Crippen molar-refractivity contribution < 1.29 is 19.1 Å². The van der Waals surface area contributed by atoms with E-state index in [9.17, 15) is 9.90 Å². The summed E-state index contributed by atoms with van der Waals surface area (Å²) in [5.74, 6) is -1.04. The fraction of sp³-hybridized carbons (Fsp3) is 0.812. The fourth-order valence-corrected chi connectivity index (χ4v) is 1.86. The summed E-state index contributed by atoms with van der Waals surface area (Å²) >= 11 is 0. The molecule has 0 radical (unpaired) electrons. The predicted molar refractivity (Wildman–Crippen MR) is 85.6 cm³/mol. The lowest BCUT2D eigenvalue weighted by Crippen LogP contribution is -2.45. The first-order chi connectivity index (χ1) is 10.8. The molecule has 0 aliphatic carbocycles. The Labute approximate surface area is 139 Å². The number of nitriles is 2. The number of carbonyl (C=O) groups is 1. The van der Waals surface area contributed by atoms with Gasteiger partial charge in [-0.3, -0.25) is 4.79 Å². The maximum atomic E-state index is 11.6. The van der Waals surface area contributed by atoms with Gasteiger partial charge < -0.3 is 19.6 Å². The zero-order chi connectivity index (χ0) is 17.9. The van der Waals surface area contributed by atoms with Crippen molar-refractivity contribution in [2.75, 3.05) is 40.3 Å². The van der Waals surface area contributed by atoms with Gasteiger partial charge in [-0.1, -0.05) is 13.8 Å². The van der Waals surface area contributed by atoms with E-state index in [1.807, 2.05) is 27.9 Å². The quantitative estimate of drug-likeness (QED) is 0.329. The molecule has 0 fully saturated rings. The standard InChI is InChI=1S/C16H28N4O3/c1-5-13(2)15(21)19-7-6-8-20(3,4)9-10-23-16(22)14(11-17)12-18/h13-14,16,22H,5-10H2,1-4H3/p+1. The van der Waals surface area contributed by atoms with E-state index in [0.29, 0.717) is 17.6 Å². The largest absolute Gasteiger partial charge is 0.366 e. The van der Waals surface area contributed by atoms with Crippen molar-refractivity contribution in [3.63, 3.8) is 0 Å². The predicted octanol–water partition coefficient (Wildman–Crippen LogP) is 0.614. The summed E-state index contributed by atoms with van der Waals surface area (Å²) in [5, 5.41) is 29.8. The Hall–Kier alpha value is -1.67. The Balaban J connectivity index is 3.96. The minimum atomic E-state index is -1.38. The van der Waals surface area contributed by atoms with Crippen LogP contribution < -0.4 is 5.32 Å². The number of nitrogens with zero attached hydrogens (tertiary/aromatic N) is 3. The van der Waals surface area contributed by atoms with Gasteiger partial charge in [0.25, 0.3) is 0 Å². The molecule has 0 rings (SSSR count). The highest BCUT2D eigenvalue weighted by Crippen LogP contribution is 2.05. The molecule has 0 bridgehead atoms. The van der Waals surface area contributed by atoms with Crippen LogP contribution in [0, 0.1) is 34.5 Å². The lowest BCUT2D eigenvalue weighted by Gasteiger charge is -2.30. The SMILES string of the molecule is CCC(C)C(=O)NCCC[N+](C)(C)CCOC(O)C(C#N)C#N. The van der Waals surface area contributed by atoms with Crippen LogP contribution in [0.1, 0.15) is 26.7 Å². The second-order valence-electron chi connectivity index (χ2n) is 6.33. The Bertz CT molecular complexity index is 426. The molecule has 130 valence electrons. The van der Waals surface area contributed by atoms with E-state index in [1.54, 1.807) is 12.1 Å². The zero-order valence-electron chi connectivity index (χ0n) is 14.6. The molecular weight excluding hydrogens is 296 g/mol. The Kier molecular flexibility index (Phi) is 10.2. The number of quaternary nitrogens is 1. The normalized spacial score (nSPS) is 13.9. The van der Waals surface area contributed by atoms with E-state index < -0.39 is 12.2 Å². The smallest absolute Gasteiger partial charge is 0.222 e. The Morgan fingerprint density at radius 3 is 2.43 bits per heavy atom. The molecule has 0 heterocycles. The number of carbonyl (C=O) groups excluding carboxylic acids is 1. The summed E-state index contributed by atoms with van der Waals surface area (Å²) in [6.45, 7) is 6.28.